The van der Waals surface area contributed by atoms with Crippen LogP contribution in [0.2, 0.25) is 0 Å². The van der Waals surface area contributed by atoms with E-state index in [2.05, 4.69) is 4.90 Å². The molecule has 0 aliphatic rings. The van der Waals surface area contributed by atoms with Gasteiger partial charge in [-0.15, -0.1) is 0 Å². The maximum Gasteiger partial charge on any atom is 0.123 e. The molecule has 0 saturated heterocycles. The van der Waals surface area contributed by atoms with Gasteiger partial charge in [0.25, 0.3) is 0 Å². The summed E-state index contributed by atoms with van der Waals surface area (Å²) >= 11 is 0. The maximum atomic E-state index is 10.0. The van der Waals surface area contributed by atoms with E-state index < -0.39 is 6.10 Å². The molecule has 0 saturated carbocycles. The third-order valence-corrected chi connectivity index (χ3v) is 3.07. The lowest BCUT2D eigenvalue weighted by atomic mass is 10.0. The minimum absolute atomic E-state index is 0.416. The van der Waals surface area contributed by atoms with Crippen molar-refractivity contribution in [2.75, 3.05) is 11.9 Å². The van der Waals surface area contributed by atoms with Crippen LogP contribution in [0.3, 0.4) is 0 Å². The van der Waals surface area contributed by atoms with Gasteiger partial charge in [0.2, 0.25) is 0 Å². The average molecular weight is 245 g/mol. The molecule has 0 amide bonds. The molecular formula is C15H19NO2. The summed E-state index contributed by atoms with van der Waals surface area (Å²) in [6, 6.07) is 11.8. The number of furan rings is 1. The zero-order valence-corrected chi connectivity index (χ0v) is 10.8. The molecule has 0 fully saturated rings. The monoisotopic (exact) mass is 245 g/mol. The largest absolute Gasteiger partial charge is 0.467 e. The van der Waals surface area contributed by atoms with Crippen molar-refractivity contribution in [3.8, 4) is 0 Å². The summed E-state index contributed by atoms with van der Waals surface area (Å²) in [4.78, 5) is 2.09. The van der Waals surface area contributed by atoms with E-state index in [-0.39, 0.29) is 0 Å². The summed E-state index contributed by atoms with van der Waals surface area (Å²) < 4.78 is 5.35. The molecular weight excluding hydrogens is 226 g/mol. The van der Waals surface area contributed by atoms with Gasteiger partial charge in [0.05, 0.1) is 18.9 Å². The lowest BCUT2D eigenvalue weighted by Crippen LogP contribution is -2.18. The van der Waals surface area contributed by atoms with Crippen molar-refractivity contribution in [3.63, 3.8) is 0 Å². The van der Waals surface area contributed by atoms with Gasteiger partial charge in [0, 0.05) is 18.3 Å². The van der Waals surface area contributed by atoms with Crippen molar-refractivity contribution >= 4 is 5.69 Å². The van der Waals surface area contributed by atoms with Crippen molar-refractivity contribution in [2.45, 2.75) is 26.0 Å². The Bertz CT molecular complexity index is 479. The Balaban J connectivity index is 2.21. The van der Waals surface area contributed by atoms with E-state index in [1.54, 1.807) is 6.26 Å². The second kappa shape index (κ2) is 5.74. The van der Waals surface area contributed by atoms with Crippen LogP contribution in [0.15, 0.2) is 47.1 Å². The SMILES string of the molecule is CC[C@H](O)c1ccccc1N(C)Cc1ccco1. The highest BCUT2D eigenvalue weighted by molar-refractivity contribution is 5.54. The zero-order valence-electron chi connectivity index (χ0n) is 10.8. The van der Waals surface area contributed by atoms with E-state index in [0.717, 1.165) is 17.0 Å². The minimum atomic E-state index is -0.416. The van der Waals surface area contributed by atoms with Crippen LogP contribution in [-0.4, -0.2) is 12.2 Å². The van der Waals surface area contributed by atoms with Crippen LogP contribution in [0.5, 0.6) is 0 Å². The van der Waals surface area contributed by atoms with Gasteiger partial charge in [-0.25, -0.2) is 0 Å². The number of para-hydroxylation sites is 1. The first-order valence-corrected chi connectivity index (χ1v) is 6.23. The number of aliphatic hydroxyl groups excluding tert-OH is 1. The van der Waals surface area contributed by atoms with Crippen LogP contribution in [0.4, 0.5) is 5.69 Å². The van der Waals surface area contributed by atoms with Gasteiger partial charge in [-0.3, -0.25) is 0 Å². The first-order chi connectivity index (χ1) is 8.72. The number of benzene rings is 1. The Morgan fingerprint density at radius 2 is 2.00 bits per heavy atom. The molecule has 1 atom stereocenters. The Labute approximate surface area is 108 Å². The molecule has 0 unspecified atom stereocenters. The van der Waals surface area contributed by atoms with E-state index in [0.29, 0.717) is 13.0 Å². The molecule has 1 aromatic carbocycles. The smallest absolute Gasteiger partial charge is 0.123 e. The van der Waals surface area contributed by atoms with E-state index >= 15 is 0 Å². The molecule has 0 aliphatic heterocycles. The van der Waals surface area contributed by atoms with Crippen LogP contribution >= 0.6 is 0 Å². The standard InChI is InChI=1S/C15H19NO2/c1-3-15(17)13-8-4-5-9-14(13)16(2)11-12-7-6-10-18-12/h4-10,15,17H,3,11H2,1-2H3/t15-/m0/s1. The van der Waals surface area contributed by atoms with Gasteiger partial charge in [0.1, 0.15) is 5.76 Å². The quantitative estimate of drug-likeness (QED) is 0.877. The third kappa shape index (κ3) is 2.74. The second-order valence-electron chi connectivity index (χ2n) is 4.42. The highest BCUT2D eigenvalue weighted by Gasteiger charge is 2.13. The molecule has 18 heavy (non-hydrogen) atoms. The molecule has 0 bridgehead atoms. The van der Waals surface area contributed by atoms with Crippen LogP contribution in [0.25, 0.3) is 0 Å². The Kier molecular flexibility index (Phi) is 4.05. The van der Waals surface area contributed by atoms with Crippen LogP contribution in [0.1, 0.15) is 30.8 Å². The van der Waals surface area contributed by atoms with Crippen molar-refractivity contribution in [1.29, 1.82) is 0 Å². The fourth-order valence-electron chi connectivity index (χ4n) is 2.06. The van der Waals surface area contributed by atoms with Crippen LogP contribution < -0.4 is 4.90 Å². The molecule has 96 valence electrons. The summed E-state index contributed by atoms with van der Waals surface area (Å²) in [5, 5.41) is 10.0. The van der Waals surface area contributed by atoms with Gasteiger partial charge in [-0.05, 0) is 24.6 Å². The number of hydrogen-bond acceptors (Lipinski definition) is 3. The predicted molar refractivity (Wildman–Crippen MR) is 72.5 cm³/mol. The normalized spacial score (nSPS) is 12.4. The van der Waals surface area contributed by atoms with E-state index in [1.807, 2.05) is 50.4 Å². The highest BCUT2D eigenvalue weighted by atomic mass is 16.3. The summed E-state index contributed by atoms with van der Waals surface area (Å²) in [6.45, 7) is 2.68. The molecule has 3 heteroatoms. The Hall–Kier alpha value is -1.74. The van der Waals surface area contributed by atoms with Gasteiger partial charge in [-0.1, -0.05) is 25.1 Å². The van der Waals surface area contributed by atoms with Crippen molar-refractivity contribution in [3.05, 3.63) is 54.0 Å². The second-order valence-corrected chi connectivity index (χ2v) is 4.42. The molecule has 1 heterocycles. The molecule has 0 radical (unpaired) electrons. The molecule has 2 rings (SSSR count). The van der Waals surface area contributed by atoms with Gasteiger partial charge in [0.15, 0.2) is 0 Å². The molecule has 3 nitrogen and oxygen atoms in total. The van der Waals surface area contributed by atoms with Gasteiger partial charge < -0.3 is 14.4 Å². The summed E-state index contributed by atoms with van der Waals surface area (Å²) in [6.07, 6.45) is 1.97. The molecule has 1 aromatic heterocycles. The number of anilines is 1. The molecule has 1 N–H and O–H groups in total. The van der Waals surface area contributed by atoms with E-state index in [1.165, 1.54) is 0 Å². The van der Waals surface area contributed by atoms with Crippen molar-refractivity contribution in [1.82, 2.24) is 0 Å². The third-order valence-electron chi connectivity index (χ3n) is 3.07. The molecule has 0 aliphatic carbocycles. The number of nitrogens with zero attached hydrogens (tertiary/aromatic N) is 1. The zero-order chi connectivity index (χ0) is 13.0. The predicted octanol–water partition coefficient (Wildman–Crippen LogP) is 3.36. The molecule has 0 spiro atoms. The maximum absolute atomic E-state index is 10.0. The van der Waals surface area contributed by atoms with Crippen LogP contribution in [-0.2, 0) is 6.54 Å². The minimum Gasteiger partial charge on any atom is -0.467 e. The number of hydrogen-bond donors (Lipinski definition) is 1. The van der Waals surface area contributed by atoms with Gasteiger partial charge >= 0.3 is 0 Å². The van der Waals surface area contributed by atoms with E-state index in [4.69, 9.17) is 4.42 Å². The highest BCUT2D eigenvalue weighted by Crippen LogP contribution is 2.28. The lowest BCUT2D eigenvalue weighted by molar-refractivity contribution is 0.174. The Morgan fingerprint density at radius 1 is 1.22 bits per heavy atom. The van der Waals surface area contributed by atoms with E-state index in [9.17, 15) is 5.11 Å². The molecule has 2 aromatic rings. The lowest BCUT2D eigenvalue weighted by Gasteiger charge is -2.23. The number of rotatable bonds is 5. The Morgan fingerprint density at radius 3 is 2.67 bits per heavy atom. The van der Waals surface area contributed by atoms with Crippen molar-refractivity contribution in [2.24, 2.45) is 0 Å². The summed E-state index contributed by atoms with van der Waals surface area (Å²) in [7, 11) is 2.00. The first-order valence-electron chi connectivity index (χ1n) is 6.23. The van der Waals surface area contributed by atoms with Gasteiger partial charge in [-0.2, -0.15) is 0 Å². The first kappa shape index (κ1) is 12.7. The number of aliphatic hydroxyl groups is 1. The fraction of sp³-hybridized carbons (Fsp3) is 0.333. The summed E-state index contributed by atoms with van der Waals surface area (Å²) in [5.41, 5.74) is 2.01. The average Bonchev–Trinajstić information content (AvgIpc) is 2.90. The topological polar surface area (TPSA) is 36.6 Å². The fourth-order valence-corrected chi connectivity index (χ4v) is 2.06. The summed E-state index contributed by atoms with van der Waals surface area (Å²) in [5.74, 6) is 0.915. The van der Waals surface area contributed by atoms with Crippen LogP contribution in [0, 0.1) is 0 Å². The van der Waals surface area contributed by atoms with Crippen molar-refractivity contribution < 1.29 is 9.52 Å².